The molecule has 1 fully saturated rings. The average molecular weight is 347 g/mol. The van der Waals surface area contributed by atoms with E-state index in [1.165, 1.54) is 11.3 Å². The molecular weight excluding hydrogens is 326 g/mol. The summed E-state index contributed by atoms with van der Waals surface area (Å²) >= 11 is 1.33. The Morgan fingerprint density at radius 1 is 1.50 bits per heavy atom. The van der Waals surface area contributed by atoms with Gasteiger partial charge in [0, 0.05) is 23.0 Å². The highest BCUT2D eigenvalue weighted by Gasteiger charge is 2.34. The van der Waals surface area contributed by atoms with Crippen molar-refractivity contribution in [1.29, 1.82) is 0 Å². The molecule has 1 aromatic carbocycles. The summed E-state index contributed by atoms with van der Waals surface area (Å²) in [6.45, 7) is 6.40. The first-order valence-electron chi connectivity index (χ1n) is 8.03. The van der Waals surface area contributed by atoms with Gasteiger partial charge < -0.3 is 14.6 Å². The molecular formula is C18H21NO4S. The summed E-state index contributed by atoms with van der Waals surface area (Å²) in [4.78, 5) is 15.1. The molecule has 24 heavy (non-hydrogen) atoms. The Morgan fingerprint density at radius 3 is 2.92 bits per heavy atom. The predicted octanol–water partition coefficient (Wildman–Crippen LogP) is 4.01. The molecule has 6 heteroatoms. The van der Waals surface area contributed by atoms with Gasteiger partial charge in [-0.25, -0.2) is 9.78 Å². The smallest absolute Gasteiger partial charge is 0.355 e. The molecule has 0 bridgehead atoms. The van der Waals surface area contributed by atoms with Crippen LogP contribution in [0.1, 0.15) is 35.8 Å². The quantitative estimate of drug-likeness (QED) is 0.855. The number of carboxylic acids is 1. The third-order valence-electron chi connectivity index (χ3n) is 4.61. The van der Waals surface area contributed by atoms with Gasteiger partial charge in [0.05, 0.1) is 13.2 Å². The highest BCUT2D eigenvalue weighted by molar-refractivity contribution is 7.13. The van der Waals surface area contributed by atoms with Crippen LogP contribution in [-0.4, -0.2) is 35.9 Å². The third-order valence-corrected chi connectivity index (χ3v) is 5.51. The second-order valence-electron chi connectivity index (χ2n) is 6.27. The van der Waals surface area contributed by atoms with Crippen LogP contribution in [0.25, 0.3) is 10.6 Å². The number of aryl methyl sites for hydroxylation is 1. The summed E-state index contributed by atoms with van der Waals surface area (Å²) in [6, 6.07) is 5.85. The summed E-state index contributed by atoms with van der Waals surface area (Å²) < 4.78 is 11.6. The predicted molar refractivity (Wildman–Crippen MR) is 92.9 cm³/mol. The van der Waals surface area contributed by atoms with E-state index < -0.39 is 5.97 Å². The van der Waals surface area contributed by atoms with Crippen LogP contribution >= 0.6 is 11.3 Å². The van der Waals surface area contributed by atoms with Crippen LogP contribution in [0.4, 0.5) is 0 Å². The lowest BCUT2D eigenvalue weighted by Crippen LogP contribution is -2.28. The maximum atomic E-state index is 11.0. The maximum Gasteiger partial charge on any atom is 0.355 e. The largest absolute Gasteiger partial charge is 0.493 e. The van der Waals surface area contributed by atoms with Crippen molar-refractivity contribution in [3.8, 4) is 16.3 Å². The van der Waals surface area contributed by atoms with E-state index >= 15 is 0 Å². The Bertz CT molecular complexity index is 734. The number of hydrogen-bond acceptors (Lipinski definition) is 5. The molecule has 0 saturated carbocycles. The fraction of sp³-hybridized carbons (Fsp3) is 0.444. The van der Waals surface area contributed by atoms with Crippen molar-refractivity contribution in [2.45, 2.75) is 26.7 Å². The van der Waals surface area contributed by atoms with Crippen molar-refractivity contribution in [3.05, 3.63) is 34.8 Å². The minimum Gasteiger partial charge on any atom is -0.493 e. The van der Waals surface area contributed by atoms with Crippen molar-refractivity contribution in [1.82, 2.24) is 4.98 Å². The van der Waals surface area contributed by atoms with Gasteiger partial charge in [0.25, 0.3) is 0 Å². The van der Waals surface area contributed by atoms with Gasteiger partial charge in [-0.15, -0.1) is 11.3 Å². The number of ether oxygens (including phenoxy) is 2. The van der Waals surface area contributed by atoms with Gasteiger partial charge in [-0.1, -0.05) is 6.92 Å². The number of nitrogens with zero attached hydrogens (tertiary/aromatic N) is 1. The molecule has 1 saturated heterocycles. The normalized spacial score (nSPS) is 20.2. The van der Waals surface area contributed by atoms with Crippen LogP contribution < -0.4 is 4.74 Å². The fourth-order valence-electron chi connectivity index (χ4n) is 2.82. The molecule has 0 radical (unpaired) electrons. The van der Waals surface area contributed by atoms with E-state index in [1.54, 1.807) is 5.38 Å². The Labute approximate surface area is 145 Å². The topological polar surface area (TPSA) is 68.7 Å². The van der Waals surface area contributed by atoms with Crippen molar-refractivity contribution in [3.63, 3.8) is 0 Å². The van der Waals surface area contributed by atoms with E-state index in [9.17, 15) is 4.79 Å². The number of carbonyl (C=O) groups is 1. The molecule has 1 aromatic heterocycles. The Balaban J connectivity index is 1.73. The van der Waals surface area contributed by atoms with E-state index in [0.717, 1.165) is 42.9 Å². The second-order valence-corrected chi connectivity index (χ2v) is 7.13. The SMILES string of the molecule is CCC1(COc2ccc(-c3nc(C(=O)O)cs3)cc2C)CCOC1. The minimum atomic E-state index is -1.00. The number of carboxylic acid groups (broad SMARTS) is 1. The number of benzene rings is 1. The van der Waals surface area contributed by atoms with E-state index in [1.807, 2.05) is 25.1 Å². The zero-order chi connectivity index (χ0) is 17.2. The molecule has 1 aliphatic rings. The lowest BCUT2D eigenvalue weighted by atomic mass is 9.85. The number of rotatable bonds is 6. The van der Waals surface area contributed by atoms with Crippen LogP contribution in [0.3, 0.4) is 0 Å². The van der Waals surface area contributed by atoms with Crippen molar-refractivity contribution < 1.29 is 19.4 Å². The van der Waals surface area contributed by atoms with Crippen LogP contribution in [0.2, 0.25) is 0 Å². The molecule has 5 nitrogen and oxygen atoms in total. The molecule has 3 rings (SSSR count). The molecule has 1 unspecified atom stereocenters. The van der Waals surface area contributed by atoms with Gasteiger partial charge in [-0.05, 0) is 43.5 Å². The lowest BCUT2D eigenvalue weighted by Gasteiger charge is -2.26. The molecule has 2 heterocycles. The van der Waals surface area contributed by atoms with Crippen molar-refractivity contribution in [2.24, 2.45) is 5.41 Å². The van der Waals surface area contributed by atoms with Gasteiger partial charge in [0.1, 0.15) is 10.8 Å². The minimum absolute atomic E-state index is 0.0825. The van der Waals surface area contributed by atoms with Crippen LogP contribution in [0.5, 0.6) is 5.75 Å². The summed E-state index contributed by atoms with van der Waals surface area (Å²) in [5, 5.41) is 11.2. The zero-order valence-electron chi connectivity index (χ0n) is 13.9. The number of aromatic nitrogens is 1. The van der Waals surface area contributed by atoms with Crippen LogP contribution in [0.15, 0.2) is 23.6 Å². The van der Waals surface area contributed by atoms with Gasteiger partial charge >= 0.3 is 5.97 Å². The molecule has 1 N–H and O–H groups in total. The summed E-state index contributed by atoms with van der Waals surface area (Å²) in [6.07, 6.45) is 2.08. The molecule has 2 aromatic rings. The Morgan fingerprint density at radius 2 is 2.33 bits per heavy atom. The van der Waals surface area contributed by atoms with Gasteiger partial charge in [-0.2, -0.15) is 0 Å². The first-order chi connectivity index (χ1) is 11.5. The zero-order valence-corrected chi connectivity index (χ0v) is 14.7. The van der Waals surface area contributed by atoms with E-state index in [4.69, 9.17) is 14.6 Å². The number of thiazole rings is 1. The molecule has 0 spiro atoms. The van der Waals surface area contributed by atoms with Crippen molar-refractivity contribution >= 4 is 17.3 Å². The molecule has 0 amide bonds. The number of aromatic carboxylic acids is 1. The standard InChI is InChI=1S/C18H21NO4S/c1-3-18(6-7-22-10-18)11-23-15-5-4-13(8-12(15)2)16-19-14(9-24-16)17(20)21/h4-5,8-9H,3,6-7,10-11H2,1-2H3,(H,20,21). The highest BCUT2D eigenvalue weighted by Crippen LogP contribution is 2.34. The lowest BCUT2D eigenvalue weighted by molar-refractivity contribution is 0.0691. The molecule has 128 valence electrons. The summed E-state index contributed by atoms with van der Waals surface area (Å²) in [5.41, 5.74) is 2.13. The first kappa shape index (κ1) is 16.9. The van der Waals surface area contributed by atoms with Crippen LogP contribution in [0, 0.1) is 12.3 Å². The summed E-state index contributed by atoms with van der Waals surface area (Å²) in [7, 11) is 0. The van der Waals surface area contributed by atoms with E-state index in [0.29, 0.717) is 11.6 Å². The molecule has 0 aliphatic carbocycles. The van der Waals surface area contributed by atoms with Gasteiger partial charge in [0.2, 0.25) is 0 Å². The number of hydrogen-bond donors (Lipinski definition) is 1. The molecule has 1 atom stereocenters. The van der Waals surface area contributed by atoms with Gasteiger partial charge in [-0.3, -0.25) is 0 Å². The van der Waals surface area contributed by atoms with Gasteiger partial charge in [0.15, 0.2) is 5.69 Å². The third kappa shape index (κ3) is 3.44. The fourth-order valence-corrected chi connectivity index (χ4v) is 3.61. The Kier molecular flexibility index (Phi) is 4.87. The monoisotopic (exact) mass is 347 g/mol. The van der Waals surface area contributed by atoms with E-state index in [-0.39, 0.29) is 11.1 Å². The van der Waals surface area contributed by atoms with E-state index in [2.05, 4.69) is 11.9 Å². The van der Waals surface area contributed by atoms with Crippen LogP contribution in [-0.2, 0) is 4.74 Å². The molecule has 1 aliphatic heterocycles. The Hall–Kier alpha value is -1.92. The highest BCUT2D eigenvalue weighted by atomic mass is 32.1. The second kappa shape index (κ2) is 6.91. The summed E-state index contributed by atoms with van der Waals surface area (Å²) in [5.74, 6) is -0.147. The first-order valence-corrected chi connectivity index (χ1v) is 8.91. The maximum absolute atomic E-state index is 11.0. The van der Waals surface area contributed by atoms with Crippen molar-refractivity contribution in [2.75, 3.05) is 19.8 Å². The average Bonchev–Trinajstić information content (AvgIpc) is 3.24.